The van der Waals surface area contributed by atoms with Crippen molar-refractivity contribution in [1.82, 2.24) is 5.32 Å². The molecule has 0 aromatic heterocycles. The van der Waals surface area contributed by atoms with Gasteiger partial charge < -0.3 is 14.8 Å². The van der Waals surface area contributed by atoms with Gasteiger partial charge in [0.15, 0.2) is 11.5 Å². The van der Waals surface area contributed by atoms with Crippen molar-refractivity contribution >= 4 is 17.5 Å². The van der Waals surface area contributed by atoms with Crippen LogP contribution in [0.4, 0.5) is 0 Å². The Morgan fingerprint density at radius 2 is 1.78 bits per heavy atom. The zero-order valence-electron chi connectivity index (χ0n) is 13.3. The first-order chi connectivity index (χ1) is 11.1. The molecule has 1 amide bonds. The summed E-state index contributed by atoms with van der Waals surface area (Å²) in [4.78, 5) is 12.3. The van der Waals surface area contributed by atoms with Crippen molar-refractivity contribution < 1.29 is 14.3 Å². The maximum atomic E-state index is 12.3. The summed E-state index contributed by atoms with van der Waals surface area (Å²) in [5.41, 5.74) is 1.47. The minimum Gasteiger partial charge on any atom is -0.490 e. The van der Waals surface area contributed by atoms with Crippen LogP contribution in [0.1, 0.15) is 29.8 Å². The van der Waals surface area contributed by atoms with E-state index in [1.54, 1.807) is 24.3 Å². The van der Waals surface area contributed by atoms with E-state index in [4.69, 9.17) is 21.1 Å². The molecule has 0 saturated carbocycles. The van der Waals surface area contributed by atoms with Gasteiger partial charge in [0.25, 0.3) is 5.91 Å². The summed E-state index contributed by atoms with van der Waals surface area (Å²) in [6.07, 6.45) is 0. The number of carbonyl (C=O) groups is 1. The van der Waals surface area contributed by atoms with Crippen LogP contribution in [0.5, 0.6) is 11.5 Å². The predicted octanol–water partition coefficient (Wildman–Crippen LogP) is 4.07. The van der Waals surface area contributed by atoms with E-state index in [-0.39, 0.29) is 5.91 Å². The third-order valence-electron chi connectivity index (χ3n) is 3.15. The Labute approximate surface area is 141 Å². The number of hydrogen-bond donors (Lipinski definition) is 1. The van der Waals surface area contributed by atoms with E-state index in [0.717, 1.165) is 5.56 Å². The monoisotopic (exact) mass is 333 g/mol. The second kappa shape index (κ2) is 8.44. The average Bonchev–Trinajstić information content (AvgIpc) is 2.55. The normalized spacial score (nSPS) is 10.2. The van der Waals surface area contributed by atoms with Crippen LogP contribution in [0.3, 0.4) is 0 Å². The van der Waals surface area contributed by atoms with Gasteiger partial charge in [0.2, 0.25) is 0 Å². The molecule has 2 aromatic rings. The quantitative estimate of drug-likeness (QED) is 0.831. The number of rotatable bonds is 7. The van der Waals surface area contributed by atoms with E-state index in [0.29, 0.717) is 41.8 Å². The highest BCUT2D eigenvalue weighted by Gasteiger charge is 2.11. The first-order valence-corrected chi connectivity index (χ1v) is 7.94. The van der Waals surface area contributed by atoms with E-state index in [1.807, 2.05) is 32.0 Å². The minimum atomic E-state index is -0.172. The van der Waals surface area contributed by atoms with Gasteiger partial charge in [-0.25, -0.2) is 0 Å². The summed E-state index contributed by atoms with van der Waals surface area (Å²) in [6.45, 7) is 5.26. The molecule has 0 aliphatic carbocycles. The Morgan fingerprint density at radius 1 is 1.04 bits per heavy atom. The summed E-state index contributed by atoms with van der Waals surface area (Å²) < 4.78 is 11.0. The Morgan fingerprint density at radius 3 is 2.48 bits per heavy atom. The number of hydrogen-bond acceptors (Lipinski definition) is 3. The van der Waals surface area contributed by atoms with Gasteiger partial charge >= 0.3 is 0 Å². The van der Waals surface area contributed by atoms with Gasteiger partial charge in [0, 0.05) is 17.1 Å². The Bertz CT molecular complexity index is 673. The molecular formula is C18H20ClNO3. The van der Waals surface area contributed by atoms with Crippen molar-refractivity contribution in [3.8, 4) is 11.5 Å². The van der Waals surface area contributed by atoms with Gasteiger partial charge in [0.1, 0.15) is 0 Å². The SMILES string of the molecule is CCOc1ccc(C(=O)NCc2cccc(Cl)c2)cc1OCC. The fourth-order valence-electron chi connectivity index (χ4n) is 2.12. The molecule has 0 aliphatic rings. The third-order valence-corrected chi connectivity index (χ3v) is 3.38. The number of nitrogens with one attached hydrogen (secondary N) is 1. The smallest absolute Gasteiger partial charge is 0.251 e. The van der Waals surface area contributed by atoms with Crippen molar-refractivity contribution in [2.45, 2.75) is 20.4 Å². The maximum absolute atomic E-state index is 12.3. The van der Waals surface area contributed by atoms with E-state index in [1.165, 1.54) is 0 Å². The van der Waals surface area contributed by atoms with Gasteiger partial charge in [-0.3, -0.25) is 4.79 Å². The Balaban J connectivity index is 2.07. The minimum absolute atomic E-state index is 0.172. The predicted molar refractivity (Wildman–Crippen MR) is 91.4 cm³/mol. The van der Waals surface area contributed by atoms with Crippen LogP contribution in [-0.2, 0) is 6.54 Å². The largest absolute Gasteiger partial charge is 0.490 e. The lowest BCUT2D eigenvalue weighted by Gasteiger charge is -2.12. The van der Waals surface area contributed by atoms with Crippen molar-refractivity contribution in [1.29, 1.82) is 0 Å². The van der Waals surface area contributed by atoms with Gasteiger partial charge in [0.05, 0.1) is 13.2 Å². The molecule has 0 bridgehead atoms. The fraction of sp³-hybridized carbons (Fsp3) is 0.278. The highest BCUT2D eigenvalue weighted by atomic mass is 35.5. The fourth-order valence-corrected chi connectivity index (χ4v) is 2.34. The molecule has 0 unspecified atom stereocenters. The van der Waals surface area contributed by atoms with Crippen LogP contribution in [0.25, 0.3) is 0 Å². The van der Waals surface area contributed by atoms with E-state index in [9.17, 15) is 4.79 Å². The van der Waals surface area contributed by atoms with Gasteiger partial charge in [-0.2, -0.15) is 0 Å². The molecule has 2 aromatic carbocycles. The number of ether oxygens (including phenoxy) is 2. The summed E-state index contributed by atoms with van der Waals surface area (Å²) >= 11 is 5.94. The van der Waals surface area contributed by atoms with Crippen LogP contribution in [0, 0.1) is 0 Å². The molecule has 0 radical (unpaired) electrons. The number of carbonyl (C=O) groups excluding carboxylic acids is 1. The maximum Gasteiger partial charge on any atom is 0.251 e. The van der Waals surface area contributed by atoms with Gasteiger partial charge in [-0.1, -0.05) is 23.7 Å². The molecular weight excluding hydrogens is 314 g/mol. The molecule has 23 heavy (non-hydrogen) atoms. The second-order valence-corrected chi connectivity index (χ2v) is 5.28. The lowest BCUT2D eigenvalue weighted by atomic mass is 10.1. The number of halogens is 1. The van der Waals surface area contributed by atoms with Crippen LogP contribution < -0.4 is 14.8 Å². The van der Waals surface area contributed by atoms with Crippen molar-refractivity contribution in [2.75, 3.05) is 13.2 Å². The zero-order valence-corrected chi connectivity index (χ0v) is 14.0. The molecule has 122 valence electrons. The molecule has 0 saturated heterocycles. The van der Waals surface area contributed by atoms with Crippen LogP contribution >= 0.6 is 11.6 Å². The highest BCUT2D eigenvalue weighted by Crippen LogP contribution is 2.28. The van der Waals surface area contributed by atoms with E-state index >= 15 is 0 Å². The topological polar surface area (TPSA) is 47.6 Å². The molecule has 5 heteroatoms. The lowest BCUT2D eigenvalue weighted by molar-refractivity contribution is 0.0950. The van der Waals surface area contributed by atoms with E-state index < -0.39 is 0 Å². The second-order valence-electron chi connectivity index (χ2n) is 4.84. The molecule has 0 heterocycles. The zero-order chi connectivity index (χ0) is 16.7. The van der Waals surface area contributed by atoms with Gasteiger partial charge in [-0.15, -0.1) is 0 Å². The summed E-state index contributed by atoms with van der Waals surface area (Å²) in [6, 6.07) is 12.6. The highest BCUT2D eigenvalue weighted by molar-refractivity contribution is 6.30. The molecule has 0 aliphatic heterocycles. The molecule has 0 fully saturated rings. The molecule has 4 nitrogen and oxygen atoms in total. The summed E-state index contributed by atoms with van der Waals surface area (Å²) in [5, 5.41) is 3.52. The molecule has 1 N–H and O–H groups in total. The van der Waals surface area contributed by atoms with Crippen LogP contribution in [0.15, 0.2) is 42.5 Å². The van der Waals surface area contributed by atoms with Crippen molar-refractivity contribution in [2.24, 2.45) is 0 Å². The summed E-state index contributed by atoms with van der Waals surface area (Å²) in [7, 11) is 0. The van der Waals surface area contributed by atoms with Crippen LogP contribution in [-0.4, -0.2) is 19.1 Å². The molecule has 0 spiro atoms. The average molecular weight is 334 g/mol. The van der Waals surface area contributed by atoms with Crippen LogP contribution in [0.2, 0.25) is 5.02 Å². The number of benzene rings is 2. The molecule has 0 atom stereocenters. The third kappa shape index (κ3) is 4.89. The Kier molecular flexibility index (Phi) is 6.29. The Hall–Kier alpha value is -2.20. The number of amides is 1. The van der Waals surface area contributed by atoms with Crippen molar-refractivity contribution in [3.63, 3.8) is 0 Å². The molecule has 2 rings (SSSR count). The standard InChI is InChI=1S/C18H20ClNO3/c1-3-22-16-9-8-14(11-17(16)23-4-2)18(21)20-12-13-6-5-7-15(19)10-13/h5-11H,3-4,12H2,1-2H3,(H,20,21). The first kappa shape index (κ1) is 17.2. The van der Waals surface area contributed by atoms with Crippen molar-refractivity contribution in [3.05, 3.63) is 58.6 Å². The lowest BCUT2D eigenvalue weighted by Crippen LogP contribution is -2.22. The van der Waals surface area contributed by atoms with E-state index in [2.05, 4.69) is 5.32 Å². The first-order valence-electron chi connectivity index (χ1n) is 7.56. The van der Waals surface area contributed by atoms with Gasteiger partial charge in [-0.05, 0) is 49.7 Å². The summed E-state index contributed by atoms with van der Waals surface area (Å²) in [5.74, 6) is 1.04.